The zero-order chi connectivity index (χ0) is 13.1. The third kappa shape index (κ3) is 2.61. The topological polar surface area (TPSA) is 62.4 Å². The van der Waals surface area contributed by atoms with Gasteiger partial charge in [0.2, 0.25) is 5.56 Å². The van der Waals surface area contributed by atoms with Crippen molar-refractivity contribution in [2.45, 2.75) is 31.9 Å². The van der Waals surface area contributed by atoms with Crippen molar-refractivity contribution in [3.63, 3.8) is 0 Å². The molecule has 5 nitrogen and oxygen atoms in total. The Morgan fingerprint density at radius 2 is 2.33 bits per heavy atom. The second-order valence-corrected chi connectivity index (χ2v) is 4.67. The number of aromatic amines is 1. The number of likely N-dealkylation sites (tertiary alicyclic amines) is 1. The molecule has 1 saturated heterocycles. The highest BCUT2D eigenvalue weighted by molar-refractivity contribution is 5.94. The molecule has 5 heteroatoms. The molecular formula is C13H18N2O3. The van der Waals surface area contributed by atoms with Gasteiger partial charge in [0.1, 0.15) is 0 Å². The van der Waals surface area contributed by atoms with Gasteiger partial charge >= 0.3 is 0 Å². The second kappa shape index (κ2) is 5.35. The standard InChI is InChI=1S/C13H18N2O3/c1-9-7-11(18-2)4-6-15(9)13(17)10-3-5-14-12(16)8-10/h3,5,8-9,11H,4,6-7H2,1-2H3,(H,14,16). The van der Waals surface area contributed by atoms with Gasteiger partial charge < -0.3 is 14.6 Å². The maximum atomic E-state index is 12.3. The van der Waals surface area contributed by atoms with E-state index in [0.717, 1.165) is 12.8 Å². The van der Waals surface area contributed by atoms with Gasteiger partial charge in [-0.15, -0.1) is 0 Å². The molecule has 1 fully saturated rings. The quantitative estimate of drug-likeness (QED) is 0.852. The van der Waals surface area contributed by atoms with E-state index in [0.29, 0.717) is 12.1 Å². The number of piperidine rings is 1. The lowest BCUT2D eigenvalue weighted by molar-refractivity contribution is 0.0160. The molecule has 2 rings (SSSR count). The fraction of sp³-hybridized carbons (Fsp3) is 0.538. The van der Waals surface area contributed by atoms with Crippen molar-refractivity contribution in [3.8, 4) is 0 Å². The highest BCUT2D eigenvalue weighted by Gasteiger charge is 2.29. The average Bonchev–Trinajstić information content (AvgIpc) is 2.37. The number of nitrogens with zero attached hydrogens (tertiary/aromatic N) is 1. The molecule has 0 bridgehead atoms. The van der Waals surface area contributed by atoms with Gasteiger partial charge in [0, 0.05) is 37.5 Å². The number of hydrogen-bond acceptors (Lipinski definition) is 3. The van der Waals surface area contributed by atoms with Crippen molar-refractivity contribution in [2.24, 2.45) is 0 Å². The summed E-state index contributed by atoms with van der Waals surface area (Å²) in [7, 11) is 1.70. The Morgan fingerprint density at radius 3 is 2.94 bits per heavy atom. The Morgan fingerprint density at radius 1 is 1.56 bits per heavy atom. The highest BCUT2D eigenvalue weighted by Crippen LogP contribution is 2.21. The molecule has 1 aromatic heterocycles. The molecule has 1 aliphatic heterocycles. The van der Waals surface area contributed by atoms with Crippen molar-refractivity contribution in [1.29, 1.82) is 0 Å². The van der Waals surface area contributed by atoms with E-state index in [-0.39, 0.29) is 23.6 Å². The first-order chi connectivity index (χ1) is 8.61. The summed E-state index contributed by atoms with van der Waals surface area (Å²) in [5.74, 6) is -0.0804. The first kappa shape index (κ1) is 12.8. The number of pyridine rings is 1. The second-order valence-electron chi connectivity index (χ2n) is 4.67. The SMILES string of the molecule is COC1CCN(C(=O)c2cc[nH]c(=O)c2)C(C)C1. The van der Waals surface area contributed by atoms with Crippen LogP contribution in [0.4, 0.5) is 0 Å². The molecule has 0 aliphatic carbocycles. The molecule has 2 unspecified atom stereocenters. The van der Waals surface area contributed by atoms with E-state index in [4.69, 9.17) is 4.74 Å². The number of aromatic nitrogens is 1. The predicted octanol–water partition coefficient (Wildman–Crippen LogP) is 1.01. The lowest BCUT2D eigenvalue weighted by Gasteiger charge is -2.37. The summed E-state index contributed by atoms with van der Waals surface area (Å²) < 4.78 is 5.32. The zero-order valence-electron chi connectivity index (χ0n) is 10.7. The summed E-state index contributed by atoms with van der Waals surface area (Å²) >= 11 is 0. The molecule has 18 heavy (non-hydrogen) atoms. The lowest BCUT2D eigenvalue weighted by Crippen LogP contribution is -2.46. The van der Waals surface area contributed by atoms with Crippen LogP contribution in [0.1, 0.15) is 30.1 Å². The normalized spacial score (nSPS) is 24.0. The number of carbonyl (C=O) groups excluding carboxylic acids is 1. The number of rotatable bonds is 2. The molecule has 1 aromatic rings. The Balaban J connectivity index is 2.12. The molecule has 0 aromatic carbocycles. The van der Waals surface area contributed by atoms with Crippen molar-refractivity contribution in [3.05, 3.63) is 34.2 Å². The van der Waals surface area contributed by atoms with Gasteiger partial charge in [0.05, 0.1) is 6.10 Å². The number of methoxy groups -OCH3 is 1. The molecule has 1 N–H and O–H groups in total. The number of amides is 1. The molecule has 0 radical (unpaired) electrons. The minimum absolute atomic E-state index is 0.0804. The first-order valence-electron chi connectivity index (χ1n) is 6.14. The van der Waals surface area contributed by atoms with Gasteiger partial charge in [-0.3, -0.25) is 9.59 Å². The van der Waals surface area contributed by atoms with Crippen molar-refractivity contribution < 1.29 is 9.53 Å². The van der Waals surface area contributed by atoms with E-state index < -0.39 is 0 Å². The third-order valence-corrected chi connectivity index (χ3v) is 3.44. The summed E-state index contributed by atoms with van der Waals surface area (Å²) in [5.41, 5.74) is 0.196. The Kier molecular flexibility index (Phi) is 3.81. The molecule has 0 saturated carbocycles. The van der Waals surface area contributed by atoms with Crippen LogP contribution in [-0.4, -0.2) is 41.6 Å². The minimum Gasteiger partial charge on any atom is -0.381 e. The Hall–Kier alpha value is -1.62. The molecule has 1 amide bonds. The average molecular weight is 250 g/mol. The van der Waals surface area contributed by atoms with E-state index in [2.05, 4.69) is 4.98 Å². The lowest BCUT2D eigenvalue weighted by atomic mass is 9.99. The van der Waals surface area contributed by atoms with Crippen LogP contribution in [0.25, 0.3) is 0 Å². The highest BCUT2D eigenvalue weighted by atomic mass is 16.5. The van der Waals surface area contributed by atoms with Crippen molar-refractivity contribution >= 4 is 5.91 Å². The van der Waals surface area contributed by atoms with E-state index >= 15 is 0 Å². The molecule has 2 atom stereocenters. The van der Waals surface area contributed by atoms with E-state index in [1.165, 1.54) is 12.3 Å². The molecule has 0 spiro atoms. The van der Waals surface area contributed by atoms with Crippen LogP contribution >= 0.6 is 0 Å². The van der Waals surface area contributed by atoms with Crippen molar-refractivity contribution in [1.82, 2.24) is 9.88 Å². The van der Waals surface area contributed by atoms with Crippen LogP contribution in [0.15, 0.2) is 23.1 Å². The predicted molar refractivity (Wildman–Crippen MR) is 67.6 cm³/mol. The summed E-state index contributed by atoms with van der Waals surface area (Å²) in [6.45, 7) is 2.68. The Labute approximate surface area is 106 Å². The number of nitrogens with one attached hydrogen (secondary N) is 1. The number of ether oxygens (including phenoxy) is 1. The van der Waals surface area contributed by atoms with Crippen LogP contribution in [0.3, 0.4) is 0 Å². The summed E-state index contributed by atoms with van der Waals surface area (Å²) in [6, 6.07) is 3.12. The van der Waals surface area contributed by atoms with Crippen molar-refractivity contribution in [2.75, 3.05) is 13.7 Å². The van der Waals surface area contributed by atoms with Crippen LogP contribution in [0.2, 0.25) is 0 Å². The minimum atomic E-state index is -0.250. The van der Waals surface area contributed by atoms with Crippen LogP contribution < -0.4 is 5.56 Å². The van der Waals surface area contributed by atoms with Gasteiger partial charge in [-0.1, -0.05) is 0 Å². The first-order valence-corrected chi connectivity index (χ1v) is 6.14. The molecule has 2 heterocycles. The number of carbonyl (C=O) groups is 1. The van der Waals surface area contributed by atoms with E-state index in [9.17, 15) is 9.59 Å². The van der Waals surface area contributed by atoms with Gasteiger partial charge in [0.25, 0.3) is 5.91 Å². The third-order valence-electron chi connectivity index (χ3n) is 3.44. The maximum Gasteiger partial charge on any atom is 0.254 e. The van der Waals surface area contributed by atoms with Gasteiger partial charge in [-0.25, -0.2) is 0 Å². The molecular weight excluding hydrogens is 232 g/mol. The number of hydrogen-bond donors (Lipinski definition) is 1. The number of H-pyrrole nitrogens is 1. The Bertz CT molecular complexity index is 483. The van der Waals surface area contributed by atoms with Gasteiger partial charge in [-0.2, -0.15) is 0 Å². The van der Waals surface area contributed by atoms with Gasteiger partial charge in [0.15, 0.2) is 0 Å². The summed E-state index contributed by atoms with van der Waals surface area (Å²) in [6.07, 6.45) is 3.41. The van der Waals surface area contributed by atoms with Crippen LogP contribution in [0, 0.1) is 0 Å². The van der Waals surface area contributed by atoms with Gasteiger partial charge in [-0.05, 0) is 25.8 Å². The van der Waals surface area contributed by atoms with E-state index in [1.54, 1.807) is 13.2 Å². The fourth-order valence-electron chi connectivity index (χ4n) is 2.39. The van der Waals surface area contributed by atoms with Crippen LogP contribution in [-0.2, 0) is 4.74 Å². The monoisotopic (exact) mass is 250 g/mol. The molecule has 98 valence electrons. The largest absolute Gasteiger partial charge is 0.381 e. The summed E-state index contributed by atoms with van der Waals surface area (Å²) in [4.78, 5) is 27.8. The smallest absolute Gasteiger partial charge is 0.254 e. The van der Waals surface area contributed by atoms with Crippen LogP contribution in [0.5, 0.6) is 0 Å². The van der Waals surface area contributed by atoms with E-state index in [1.807, 2.05) is 11.8 Å². The zero-order valence-corrected chi connectivity index (χ0v) is 10.7. The molecule has 1 aliphatic rings. The fourth-order valence-corrected chi connectivity index (χ4v) is 2.39. The maximum absolute atomic E-state index is 12.3. The summed E-state index contributed by atoms with van der Waals surface area (Å²) in [5, 5.41) is 0.